The summed E-state index contributed by atoms with van der Waals surface area (Å²) in [5.74, 6) is 2.62. The molecule has 0 saturated heterocycles. The predicted molar refractivity (Wildman–Crippen MR) is 115 cm³/mol. The van der Waals surface area contributed by atoms with Gasteiger partial charge in [-0.25, -0.2) is 0 Å². The molecule has 1 fully saturated rings. The first kappa shape index (κ1) is 18.7. The number of carbonyl (C=O) groups excluding carboxylic acids is 1. The molecule has 0 amide bonds. The van der Waals surface area contributed by atoms with E-state index in [1.165, 1.54) is 11.1 Å². The minimum absolute atomic E-state index is 0.250. The van der Waals surface area contributed by atoms with Gasteiger partial charge in [0.15, 0.2) is 11.5 Å². The molecule has 1 aliphatic heterocycles. The van der Waals surface area contributed by atoms with Gasteiger partial charge in [0.1, 0.15) is 11.5 Å². The third-order valence-corrected chi connectivity index (χ3v) is 6.27. The average Bonchev–Trinajstić information content (AvgIpc) is 3.45. The fraction of sp³-hybridized carbons (Fsp3) is 0.269. The Hall–Kier alpha value is -3.27. The molecule has 3 aromatic carbocycles. The minimum Gasteiger partial charge on any atom is -0.497 e. The van der Waals surface area contributed by atoms with Gasteiger partial charge >= 0.3 is 0 Å². The van der Waals surface area contributed by atoms with Crippen molar-refractivity contribution in [3.63, 3.8) is 0 Å². The van der Waals surface area contributed by atoms with E-state index in [2.05, 4.69) is 37.3 Å². The SMILES string of the molecule is COc1ccc(-c2ccc(CC(=O)C3(c4ccc5c(c4)OCO5)CC3)cc2C)cc1. The number of carbonyl (C=O) groups is 1. The van der Waals surface area contributed by atoms with Gasteiger partial charge in [-0.3, -0.25) is 4.79 Å². The van der Waals surface area contributed by atoms with E-state index in [0.29, 0.717) is 6.42 Å². The van der Waals surface area contributed by atoms with Crippen LogP contribution in [0.5, 0.6) is 17.2 Å². The molecule has 5 rings (SSSR count). The summed E-state index contributed by atoms with van der Waals surface area (Å²) in [6, 6.07) is 20.3. The van der Waals surface area contributed by atoms with Crippen molar-refractivity contribution in [1.29, 1.82) is 0 Å². The zero-order valence-electron chi connectivity index (χ0n) is 17.2. The van der Waals surface area contributed by atoms with E-state index < -0.39 is 0 Å². The number of methoxy groups -OCH3 is 1. The van der Waals surface area contributed by atoms with Crippen LogP contribution in [0.15, 0.2) is 60.7 Å². The Balaban J connectivity index is 1.35. The molecule has 4 nitrogen and oxygen atoms in total. The van der Waals surface area contributed by atoms with Crippen molar-refractivity contribution in [2.24, 2.45) is 0 Å². The van der Waals surface area contributed by atoms with E-state index in [1.807, 2.05) is 30.3 Å². The molecule has 152 valence electrons. The zero-order chi connectivity index (χ0) is 20.7. The fourth-order valence-corrected chi connectivity index (χ4v) is 4.33. The number of Topliss-reactive ketones (excluding diaryl/α,β-unsaturated/α-hetero) is 1. The highest BCUT2D eigenvalue weighted by Gasteiger charge is 2.50. The van der Waals surface area contributed by atoms with Crippen molar-refractivity contribution in [2.75, 3.05) is 13.9 Å². The first-order valence-electron chi connectivity index (χ1n) is 10.3. The highest BCUT2D eigenvalue weighted by atomic mass is 16.7. The second kappa shape index (κ2) is 7.21. The Kier molecular flexibility index (Phi) is 4.50. The van der Waals surface area contributed by atoms with Crippen LogP contribution in [-0.4, -0.2) is 19.7 Å². The van der Waals surface area contributed by atoms with E-state index in [-0.39, 0.29) is 18.0 Å². The van der Waals surface area contributed by atoms with Crippen molar-refractivity contribution < 1.29 is 19.0 Å². The molecule has 0 spiro atoms. The molecular formula is C26H24O4. The highest BCUT2D eigenvalue weighted by Crippen LogP contribution is 2.51. The number of ketones is 1. The number of hydrogen-bond donors (Lipinski definition) is 0. The molecular weight excluding hydrogens is 376 g/mol. The molecule has 0 aromatic heterocycles. The van der Waals surface area contributed by atoms with Crippen LogP contribution >= 0.6 is 0 Å². The molecule has 0 bridgehead atoms. The van der Waals surface area contributed by atoms with Crippen LogP contribution in [0.25, 0.3) is 11.1 Å². The van der Waals surface area contributed by atoms with E-state index in [9.17, 15) is 4.79 Å². The zero-order valence-corrected chi connectivity index (χ0v) is 17.2. The molecule has 0 atom stereocenters. The van der Waals surface area contributed by atoms with Crippen molar-refractivity contribution in [3.05, 3.63) is 77.4 Å². The van der Waals surface area contributed by atoms with Crippen LogP contribution in [0.1, 0.15) is 29.5 Å². The highest BCUT2D eigenvalue weighted by molar-refractivity contribution is 5.95. The summed E-state index contributed by atoms with van der Waals surface area (Å²) in [6.45, 7) is 2.35. The normalized spacial score (nSPS) is 15.7. The largest absolute Gasteiger partial charge is 0.497 e. The van der Waals surface area contributed by atoms with E-state index in [4.69, 9.17) is 14.2 Å². The summed E-state index contributed by atoms with van der Waals surface area (Å²) < 4.78 is 16.2. The van der Waals surface area contributed by atoms with E-state index >= 15 is 0 Å². The lowest BCUT2D eigenvalue weighted by Crippen LogP contribution is -2.22. The van der Waals surface area contributed by atoms with Gasteiger partial charge in [-0.2, -0.15) is 0 Å². The summed E-state index contributed by atoms with van der Waals surface area (Å²) in [5, 5.41) is 0. The van der Waals surface area contributed by atoms with Crippen molar-refractivity contribution >= 4 is 5.78 Å². The van der Waals surface area contributed by atoms with Crippen molar-refractivity contribution in [2.45, 2.75) is 31.6 Å². The van der Waals surface area contributed by atoms with Crippen LogP contribution in [0.2, 0.25) is 0 Å². The van der Waals surface area contributed by atoms with Crippen molar-refractivity contribution in [3.8, 4) is 28.4 Å². The molecule has 1 heterocycles. The number of hydrogen-bond acceptors (Lipinski definition) is 4. The first-order chi connectivity index (χ1) is 14.6. The number of fused-ring (bicyclic) bond motifs is 1. The van der Waals surface area contributed by atoms with Crippen molar-refractivity contribution in [1.82, 2.24) is 0 Å². The number of rotatable bonds is 6. The summed E-state index contributed by atoms with van der Waals surface area (Å²) in [5.41, 5.74) is 5.21. The second-order valence-corrected chi connectivity index (χ2v) is 8.13. The lowest BCUT2D eigenvalue weighted by atomic mass is 9.87. The summed E-state index contributed by atoms with van der Waals surface area (Å²) in [7, 11) is 1.67. The molecule has 30 heavy (non-hydrogen) atoms. The summed E-state index contributed by atoms with van der Waals surface area (Å²) in [6.07, 6.45) is 2.24. The molecule has 0 unspecified atom stereocenters. The minimum atomic E-state index is -0.371. The van der Waals surface area contributed by atoms with E-state index in [0.717, 1.165) is 46.8 Å². The Morgan fingerprint density at radius 3 is 2.43 bits per heavy atom. The molecule has 0 N–H and O–H groups in total. The Morgan fingerprint density at radius 1 is 0.967 bits per heavy atom. The third-order valence-electron chi connectivity index (χ3n) is 6.27. The number of ether oxygens (including phenoxy) is 3. The van der Waals surface area contributed by atoms with Gasteiger partial charge in [0.05, 0.1) is 12.5 Å². The maximum Gasteiger partial charge on any atom is 0.231 e. The van der Waals surface area contributed by atoms with Gasteiger partial charge in [0, 0.05) is 6.42 Å². The summed E-state index contributed by atoms with van der Waals surface area (Å²) >= 11 is 0. The van der Waals surface area contributed by atoms with Gasteiger partial charge in [0.2, 0.25) is 6.79 Å². The Bertz CT molecular complexity index is 1110. The smallest absolute Gasteiger partial charge is 0.231 e. The van der Waals surface area contributed by atoms with Crippen LogP contribution in [-0.2, 0) is 16.6 Å². The van der Waals surface area contributed by atoms with Crippen LogP contribution < -0.4 is 14.2 Å². The van der Waals surface area contributed by atoms with E-state index in [1.54, 1.807) is 7.11 Å². The Labute approximate surface area is 176 Å². The number of aryl methyl sites for hydroxylation is 1. The molecule has 1 saturated carbocycles. The van der Waals surface area contributed by atoms with Gasteiger partial charge in [-0.1, -0.05) is 36.4 Å². The quantitative estimate of drug-likeness (QED) is 0.567. The third kappa shape index (κ3) is 3.22. The predicted octanol–water partition coefficient (Wildman–Crippen LogP) is 5.24. The van der Waals surface area contributed by atoms with Crippen LogP contribution in [0.3, 0.4) is 0 Å². The standard InChI is InChI=1S/C26H24O4/c1-17-13-18(3-9-22(17)19-4-7-21(28-2)8-5-19)14-25(27)26(11-12-26)20-6-10-23-24(15-20)30-16-29-23/h3-10,13,15H,11-12,14,16H2,1-2H3. The lowest BCUT2D eigenvalue weighted by Gasteiger charge is -2.16. The molecule has 4 heteroatoms. The topological polar surface area (TPSA) is 44.8 Å². The average molecular weight is 400 g/mol. The van der Waals surface area contributed by atoms with Crippen LogP contribution in [0, 0.1) is 6.92 Å². The molecule has 3 aromatic rings. The fourth-order valence-electron chi connectivity index (χ4n) is 4.33. The van der Waals surface area contributed by atoms with Gasteiger partial charge in [0.25, 0.3) is 0 Å². The van der Waals surface area contributed by atoms with Gasteiger partial charge in [-0.15, -0.1) is 0 Å². The maximum absolute atomic E-state index is 13.2. The monoisotopic (exact) mass is 400 g/mol. The second-order valence-electron chi connectivity index (χ2n) is 8.13. The first-order valence-corrected chi connectivity index (χ1v) is 10.3. The Morgan fingerprint density at radius 2 is 1.73 bits per heavy atom. The number of benzene rings is 3. The maximum atomic E-state index is 13.2. The van der Waals surface area contributed by atoms with Crippen LogP contribution in [0.4, 0.5) is 0 Å². The molecule has 2 aliphatic rings. The lowest BCUT2D eigenvalue weighted by molar-refractivity contribution is -0.120. The van der Waals surface area contributed by atoms with Gasteiger partial charge < -0.3 is 14.2 Å². The molecule has 0 radical (unpaired) electrons. The molecule has 1 aliphatic carbocycles. The summed E-state index contributed by atoms with van der Waals surface area (Å²) in [4.78, 5) is 13.2. The van der Waals surface area contributed by atoms with Gasteiger partial charge in [-0.05, 0) is 71.8 Å².